The Kier molecular flexibility index (Phi) is 18.8. The summed E-state index contributed by atoms with van der Waals surface area (Å²) in [7, 11) is -1.14. The zero-order chi connectivity index (χ0) is 33.2. The number of ether oxygens (including phenoxy) is 1. The Bertz CT molecular complexity index is 1210. The Hall–Kier alpha value is -2.85. The number of hydrogen-bond acceptors (Lipinski definition) is 2. The van der Waals surface area contributed by atoms with Crippen molar-refractivity contribution in [1.82, 2.24) is 4.72 Å². The molecule has 0 aliphatic heterocycles. The molecule has 10 heteroatoms. The van der Waals surface area contributed by atoms with Crippen molar-refractivity contribution in [2.24, 2.45) is 0 Å². The van der Waals surface area contributed by atoms with Crippen LogP contribution in [0.25, 0.3) is 0 Å². The molecule has 1 atom stereocenters. The fraction of sp³-hybridized carbons (Fsp3) is 0.455. The predicted octanol–water partition coefficient (Wildman–Crippen LogP) is 10.2. The second-order valence-corrected chi connectivity index (χ2v) is 12.3. The van der Waals surface area contributed by atoms with Gasteiger partial charge >= 0.3 is 12.3 Å². The minimum atomic E-state index is -4.27. The highest BCUT2D eigenvalue weighted by molar-refractivity contribution is 7.84. The third-order valence-corrected chi connectivity index (χ3v) is 6.90. The normalized spacial score (nSPS) is 13.8. The van der Waals surface area contributed by atoms with E-state index in [-0.39, 0.29) is 22.7 Å². The molecule has 3 nitrogen and oxygen atoms in total. The van der Waals surface area contributed by atoms with Crippen LogP contribution in [0.5, 0.6) is 5.75 Å². The van der Waals surface area contributed by atoms with E-state index in [1.165, 1.54) is 24.6 Å². The SMILES string of the molecule is CC.CC1=CCC(C(F)(F)C(F)F)=CC(F)=C1.CCCOc1cc(CNS(=O)C(C)(C)C)ccc1F.Cc1ccccc1. The smallest absolute Gasteiger partial charge is 0.329 e. The molecule has 0 aromatic heterocycles. The fourth-order valence-electron chi connectivity index (χ4n) is 3.07. The van der Waals surface area contributed by atoms with Crippen molar-refractivity contribution in [2.75, 3.05) is 6.61 Å². The number of allylic oxidation sites excluding steroid dienone is 6. The van der Waals surface area contributed by atoms with Gasteiger partial charge in [-0.1, -0.05) is 74.4 Å². The maximum absolute atomic E-state index is 13.5. The van der Waals surface area contributed by atoms with Crippen molar-refractivity contribution >= 4 is 11.0 Å². The topological polar surface area (TPSA) is 38.3 Å². The first-order valence-electron chi connectivity index (χ1n) is 14.1. The fourth-order valence-corrected chi connectivity index (χ4v) is 3.80. The standard InChI is InChI=1S/C14H22FNO2S.C10H9F5.C7H8.C2H6/c1-5-8-18-13-9-11(6-7-12(13)15)10-16-19(17)14(2,3)4;1-6-2-3-7(5-8(11)4-6)10(14,15)9(12)13;1-7-5-3-2-4-6-7;1-2/h6-7,9,16H,5,8,10H2,1-4H3;2,4-5,9H,3H2,1H3;2-6H,1H3;1-2H3. The first-order valence-corrected chi connectivity index (χ1v) is 15.2. The Morgan fingerprint density at radius 1 is 0.977 bits per heavy atom. The number of halogens is 6. The summed E-state index contributed by atoms with van der Waals surface area (Å²) in [6.07, 6.45) is -0.575. The summed E-state index contributed by atoms with van der Waals surface area (Å²) in [5, 5.41) is 0. The van der Waals surface area contributed by atoms with Crippen molar-refractivity contribution in [3.8, 4) is 5.75 Å². The highest BCUT2D eigenvalue weighted by Crippen LogP contribution is 2.35. The van der Waals surface area contributed by atoms with Crippen molar-refractivity contribution in [1.29, 1.82) is 0 Å². The molecule has 0 spiro atoms. The minimum absolute atomic E-state index is 0.252. The van der Waals surface area contributed by atoms with Crippen molar-refractivity contribution in [3.05, 3.63) is 101 Å². The molecule has 0 saturated carbocycles. The third kappa shape index (κ3) is 16.0. The van der Waals surface area contributed by atoms with Crippen LogP contribution in [-0.2, 0) is 17.5 Å². The van der Waals surface area contributed by atoms with E-state index >= 15 is 0 Å². The molecule has 3 rings (SSSR count). The summed E-state index contributed by atoms with van der Waals surface area (Å²) < 4.78 is 95.9. The van der Waals surface area contributed by atoms with Crippen LogP contribution < -0.4 is 9.46 Å². The number of alkyl halides is 4. The van der Waals surface area contributed by atoms with Gasteiger partial charge in [0, 0.05) is 12.1 Å². The molecule has 43 heavy (non-hydrogen) atoms. The zero-order valence-corrected chi connectivity index (χ0v) is 27.1. The lowest BCUT2D eigenvalue weighted by molar-refractivity contribution is -0.100. The molecule has 1 unspecified atom stereocenters. The van der Waals surface area contributed by atoms with E-state index in [2.05, 4.69) is 23.8 Å². The maximum atomic E-state index is 13.5. The van der Waals surface area contributed by atoms with E-state index in [0.717, 1.165) is 18.1 Å². The van der Waals surface area contributed by atoms with E-state index < -0.39 is 34.7 Å². The molecule has 0 amide bonds. The summed E-state index contributed by atoms with van der Waals surface area (Å²) in [6.45, 7) is 16.2. The lowest BCUT2D eigenvalue weighted by Gasteiger charge is -2.18. The van der Waals surface area contributed by atoms with Gasteiger partial charge in [-0.3, -0.25) is 0 Å². The summed E-state index contributed by atoms with van der Waals surface area (Å²) in [4.78, 5) is 0. The van der Waals surface area contributed by atoms with Crippen LogP contribution in [0.3, 0.4) is 0 Å². The summed E-state index contributed by atoms with van der Waals surface area (Å²) in [6, 6.07) is 15.0. The number of aryl methyl sites for hydroxylation is 1. The Morgan fingerprint density at radius 3 is 2.07 bits per heavy atom. The predicted molar refractivity (Wildman–Crippen MR) is 166 cm³/mol. The van der Waals surface area contributed by atoms with E-state index in [4.69, 9.17) is 4.74 Å². The van der Waals surface area contributed by atoms with Crippen molar-refractivity contribution < 1.29 is 35.3 Å². The third-order valence-electron chi connectivity index (χ3n) is 5.39. The van der Waals surface area contributed by atoms with Gasteiger partial charge in [-0.25, -0.2) is 26.5 Å². The van der Waals surface area contributed by atoms with Gasteiger partial charge in [0.15, 0.2) is 11.6 Å². The highest BCUT2D eigenvalue weighted by Gasteiger charge is 2.44. The molecule has 2 aromatic carbocycles. The van der Waals surface area contributed by atoms with Crippen LogP contribution in [0.4, 0.5) is 26.3 Å². The van der Waals surface area contributed by atoms with Gasteiger partial charge in [0.25, 0.3) is 0 Å². The maximum Gasteiger partial charge on any atom is 0.329 e. The number of hydrogen-bond donors (Lipinski definition) is 1. The van der Waals surface area contributed by atoms with Gasteiger partial charge < -0.3 is 4.74 Å². The molecular formula is C33H45F6NO2S. The first-order chi connectivity index (χ1) is 20.1. The summed E-state index contributed by atoms with van der Waals surface area (Å²) in [5.74, 6) is -5.32. The van der Waals surface area contributed by atoms with Gasteiger partial charge in [-0.2, -0.15) is 8.78 Å². The minimum Gasteiger partial charge on any atom is -0.491 e. The van der Waals surface area contributed by atoms with E-state index in [9.17, 15) is 30.6 Å². The summed E-state index contributed by atoms with van der Waals surface area (Å²) in [5.41, 5.74) is 1.71. The first kappa shape index (κ1) is 40.1. The molecule has 1 aliphatic rings. The second-order valence-electron chi connectivity index (χ2n) is 10.2. The van der Waals surface area contributed by atoms with Crippen LogP contribution >= 0.6 is 0 Å². The van der Waals surface area contributed by atoms with E-state index in [0.29, 0.717) is 24.8 Å². The van der Waals surface area contributed by atoms with Crippen LogP contribution in [0.2, 0.25) is 0 Å². The zero-order valence-electron chi connectivity index (χ0n) is 26.2. The van der Waals surface area contributed by atoms with Gasteiger partial charge in [-0.15, -0.1) is 0 Å². The Morgan fingerprint density at radius 2 is 1.58 bits per heavy atom. The highest BCUT2D eigenvalue weighted by atomic mass is 32.2. The molecule has 242 valence electrons. The van der Waals surface area contributed by atoms with Crippen LogP contribution in [0, 0.1) is 12.7 Å². The van der Waals surface area contributed by atoms with Gasteiger partial charge in [-0.05, 0) is 77.3 Å². The number of nitrogens with one attached hydrogen (secondary N) is 1. The molecule has 0 saturated heterocycles. The van der Waals surface area contributed by atoms with Crippen molar-refractivity contribution in [2.45, 2.75) is 91.9 Å². The molecule has 0 fully saturated rings. The molecule has 0 radical (unpaired) electrons. The summed E-state index contributed by atoms with van der Waals surface area (Å²) >= 11 is 0. The molecule has 1 N–H and O–H groups in total. The quantitative estimate of drug-likeness (QED) is 0.294. The van der Waals surface area contributed by atoms with Gasteiger partial charge in [0.2, 0.25) is 0 Å². The lowest BCUT2D eigenvalue weighted by Crippen LogP contribution is -2.32. The van der Waals surface area contributed by atoms with Gasteiger partial charge in [0.05, 0.1) is 22.3 Å². The average molecular weight is 634 g/mol. The molecule has 2 aromatic rings. The number of rotatable bonds is 8. The van der Waals surface area contributed by atoms with Crippen LogP contribution in [-0.4, -0.2) is 27.9 Å². The van der Waals surface area contributed by atoms with Gasteiger partial charge in [0.1, 0.15) is 5.83 Å². The van der Waals surface area contributed by atoms with Crippen LogP contribution in [0.1, 0.15) is 72.4 Å². The largest absolute Gasteiger partial charge is 0.491 e. The van der Waals surface area contributed by atoms with E-state index in [1.54, 1.807) is 12.1 Å². The van der Waals surface area contributed by atoms with Crippen molar-refractivity contribution in [3.63, 3.8) is 0 Å². The molecule has 0 bridgehead atoms. The molecule has 1 aliphatic carbocycles. The molecule has 0 heterocycles. The Balaban J connectivity index is 0.000000649. The lowest BCUT2D eigenvalue weighted by atomic mass is 10.1. The van der Waals surface area contributed by atoms with Crippen LogP contribution in [0.15, 0.2) is 83.7 Å². The monoisotopic (exact) mass is 633 g/mol. The Labute approximate surface area is 255 Å². The van der Waals surface area contributed by atoms with E-state index in [1.807, 2.05) is 59.7 Å². The number of benzene rings is 2. The second kappa shape index (κ2) is 20.2. The average Bonchev–Trinajstić information content (AvgIpc) is 3.13. The molecular weight excluding hydrogens is 588 g/mol.